The molecule has 0 amide bonds. The summed E-state index contributed by atoms with van der Waals surface area (Å²) in [4.78, 5) is 13.3. The van der Waals surface area contributed by atoms with Crippen LogP contribution in [0.1, 0.15) is 11.1 Å². The third kappa shape index (κ3) is 5.13. The second-order valence-corrected chi connectivity index (χ2v) is 8.52. The summed E-state index contributed by atoms with van der Waals surface area (Å²) in [6.45, 7) is 0.672. The standard InChI is InChI=1S/C31H26O7/c1-34-23-16-24(32)28-27(17-23)38-30(31(35-2)29(28)33)22-13-14-25(36-18-20-9-5-3-6-10-20)26(15-22)37-19-21-11-7-4-8-12-21/h3-17,32H,18-19H2,1-2H3. The number of hydrogen-bond acceptors (Lipinski definition) is 7. The Kier molecular flexibility index (Phi) is 7.17. The van der Waals surface area contributed by atoms with E-state index in [2.05, 4.69) is 0 Å². The molecule has 0 spiro atoms. The molecule has 1 aromatic heterocycles. The van der Waals surface area contributed by atoms with Crippen molar-refractivity contribution in [1.82, 2.24) is 0 Å². The van der Waals surface area contributed by atoms with Gasteiger partial charge in [0.2, 0.25) is 11.2 Å². The van der Waals surface area contributed by atoms with Crippen LogP contribution in [0.4, 0.5) is 0 Å². The minimum absolute atomic E-state index is 0.00904. The highest BCUT2D eigenvalue weighted by Crippen LogP contribution is 2.39. The number of fused-ring (bicyclic) bond motifs is 1. The summed E-state index contributed by atoms with van der Waals surface area (Å²) < 4.78 is 29.0. The first-order valence-electron chi connectivity index (χ1n) is 12.0. The maximum Gasteiger partial charge on any atom is 0.239 e. The van der Waals surface area contributed by atoms with E-state index in [9.17, 15) is 9.90 Å². The van der Waals surface area contributed by atoms with Crippen molar-refractivity contribution < 1.29 is 28.5 Å². The molecule has 0 unspecified atom stereocenters. The van der Waals surface area contributed by atoms with Crippen molar-refractivity contribution in [2.45, 2.75) is 13.2 Å². The molecule has 0 radical (unpaired) electrons. The number of aromatic hydroxyl groups is 1. The van der Waals surface area contributed by atoms with E-state index in [1.165, 1.54) is 20.3 Å². The fourth-order valence-corrected chi connectivity index (χ4v) is 4.10. The number of methoxy groups -OCH3 is 2. The van der Waals surface area contributed by atoms with Crippen LogP contribution in [0.15, 0.2) is 100 Å². The average Bonchev–Trinajstić information content (AvgIpc) is 2.95. The van der Waals surface area contributed by atoms with Crippen molar-refractivity contribution in [2.75, 3.05) is 14.2 Å². The van der Waals surface area contributed by atoms with E-state index in [-0.39, 0.29) is 28.2 Å². The maximum absolute atomic E-state index is 13.3. The lowest BCUT2D eigenvalue weighted by Crippen LogP contribution is -2.08. The molecule has 0 aliphatic carbocycles. The lowest BCUT2D eigenvalue weighted by molar-refractivity contribution is 0.256. The molecule has 1 heterocycles. The van der Waals surface area contributed by atoms with E-state index >= 15 is 0 Å². The van der Waals surface area contributed by atoms with Gasteiger partial charge in [0, 0.05) is 17.7 Å². The molecular formula is C31H26O7. The van der Waals surface area contributed by atoms with Crippen LogP contribution in [0.25, 0.3) is 22.3 Å². The number of hydrogen-bond donors (Lipinski definition) is 1. The number of ether oxygens (including phenoxy) is 4. The summed E-state index contributed by atoms with van der Waals surface area (Å²) in [6.07, 6.45) is 0. The highest BCUT2D eigenvalue weighted by molar-refractivity contribution is 5.88. The van der Waals surface area contributed by atoms with Gasteiger partial charge in [-0.1, -0.05) is 60.7 Å². The Hall–Kier alpha value is -4.91. The number of phenols is 1. The van der Waals surface area contributed by atoms with Gasteiger partial charge in [-0.3, -0.25) is 4.79 Å². The van der Waals surface area contributed by atoms with Gasteiger partial charge in [-0.05, 0) is 29.3 Å². The van der Waals surface area contributed by atoms with E-state index in [0.29, 0.717) is 36.0 Å². The molecule has 0 bridgehead atoms. The topological polar surface area (TPSA) is 87.4 Å². The Bertz CT molecular complexity index is 1610. The van der Waals surface area contributed by atoms with Gasteiger partial charge in [0.25, 0.3) is 0 Å². The second-order valence-electron chi connectivity index (χ2n) is 8.52. The second kappa shape index (κ2) is 11.0. The van der Waals surface area contributed by atoms with Gasteiger partial charge < -0.3 is 28.5 Å². The van der Waals surface area contributed by atoms with Crippen LogP contribution in [-0.4, -0.2) is 19.3 Å². The minimum atomic E-state index is -0.500. The fraction of sp³-hybridized carbons (Fsp3) is 0.129. The summed E-state index contributed by atoms with van der Waals surface area (Å²) >= 11 is 0. The number of rotatable bonds is 9. The summed E-state index contributed by atoms with van der Waals surface area (Å²) in [6, 6.07) is 27.8. The zero-order valence-corrected chi connectivity index (χ0v) is 21.0. The maximum atomic E-state index is 13.3. The molecule has 1 N–H and O–H groups in total. The summed E-state index contributed by atoms with van der Waals surface area (Å²) in [5.74, 6) is 1.26. The minimum Gasteiger partial charge on any atom is -0.507 e. The van der Waals surface area contributed by atoms with Crippen LogP contribution >= 0.6 is 0 Å². The monoisotopic (exact) mass is 510 g/mol. The van der Waals surface area contributed by atoms with E-state index in [1.54, 1.807) is 24.3 Å². The normalized spacial score (nSPS) is 10.8. The Morgan fingerprint density at radius 2 is 1.37 bits per heavy atom. The molecule has 0 aliphatic heterocycles. The van der Waals surface area contributed by atoms with Crippen LogP contribution in [-0.2, 0) is 13.2 Å². The Morgan fingerprint density at radius 1 is 0.737 bits per heavy atom. The zero-order chi connectivity index (χ0) is 26.5. The summed E-state index contributed by atoms with van der Waals surface area (Å²) in [5, 5.41) is 10.4. The molecule has 7 nitrogen and oxygen atoms in total. The molecule has 5 rings (SSSR count). The zero-order valence-electron chi connectivity index (χ0n) is 21.0. The third-order valence-corrected chi connectivity index (χ3v) is 6.03. The largest absolute Gasteiger partial charge is 0.507 e. The molecule has 0 atom stereocenters. The molecule has 5 aromatic rings. The fourth-order valence-electron chi connectivity index (χ4n) is 4.10. The lowest BCUT2D eigenvalue weighted by Gasteiger charge is -2.16. The van der Waals surface area contributed by atoms with E-state index < -0.39 is 5.43 Å². The predicted molar refractivity (Wildman–Crippen MR) is 144 cm³/mol. The van der Waals surface area contributed by atoms with Gasteiger partial charge in [-0.2, -0.15) is 0 Å². The average molecular weight is 511 g/mol. The summed E-state index contributed by atoms with van der Waals surface area (Å²) in [7, 11) is 2.85. The first-order chi connectivity index (χ1) is 18.6. The van der Waals surface area contributed by atoms with Crippen molar-refractivity contribution >= 4 is 11.0 Å². The highest BCUT2D eigenvalue weighted by atomic mass is 16.5. The van der Waals surface area contributed by atoms with Crippen LogP contribution in [0, 0.1) is 0 Å². The molecule has 0 fully saturated rings. The van der Waals surface area contributed by atoms with Gasteiger partial charge in [-0.15, -0.1) is 0 Å². The first-order valence-corrected chi connectivity index (χ1v) is 12.0. The Labute approximate surface area is 219 Å². The molecule has 0 saturated carbocycles. The van der Waals surface area contributed by atoms with Gasteiger partial charge in [0.1, 0.15) is 35.7 Å². The van der Waals surface area contributed by atoms with Gasteiger partial charge in [-0.25, -0.2) is 0 Å². The molecule has 192 valence electrons. The van der Waals surface area contributed by atoms with Gasteiger partial charge >= 0.3 is 0 Å². The Morgan fingerprint density at radius 3 is 1.97 bits per heavy atom. The van der Waals surface area contributed by atoms with Crippen molar-refractivity contribution in [3.8, 4) is 40.1 Å². The van der Waals surface area contributed by atoms with E-state index in [4.69, 9.17) is 23.4 Å². The lowest BCUT2D eigenvalue weighted by atomic mass is 10.1. The van der Waals surface area contributed by atoms with Crippen LogP contribution < -0.4 is 24.4 Å². The van der Waals surface area contributed by atoms with Crippen molar-refractivity contribution in [3.05, 3.63) is 112 Å². The smallest absolute Gasteiger partial charge is 0.239 e. The van der Waals surface area contributed by atoms with Gasteiger partial charge in [0.15, 0.2) is 17.3 Å². The Balaban J connectivity index is 1.58. The quantitative estimate of drug-likeness (QED) is 0.248. The van der Waals surface area contributed by atoms with Crippen LogP contribution in [0.3, 0.4) is 0 Å². The van der Waals surface area contributed by atoms with E-state index in [0.717, 1.165) is 11.1 Å². The van der Waals surface area contributed by atoms with Crippen LogP contribution in [0.5, 0.6) is 28.7 Å². The number of benzene rings is 4. The van der Waals surface area contributed by atoms with E-state index in [1.807, 2.05) is 60.7 Å². The molecular weight excluding hydrogens is 484 g/mol. The number of phenolic OH excluding ortho intramolecular Hbond substituents is 1. The molecule has 7 heteroatoms. The molecule has 4 aromatic carbocycles. The van der Waals surface area contributed by atoms with Gasteiger partial charge in [0.05, 0.1) is 14.2 Å². The van der Waals surface area contributed by atoms with Crippen LogP contribution in [0.2, 0.25) is 0 Å². The predicted octanol–water partition coefficient (Wildman–Crippen LogP) is 6.34. The van der Waals surface area contributed by atoms with Crippen molar-refractivity contribution in [2.24, 2.45) is 0 Å². The molecule has 0 saturated heterocycles. The molecule has 38 heavy (non-hydrogen) atoms. The summed E-state index contributed by atoms with van der Waals surface area (Å²) in [5.41, 5.74) is 2.21. The molecule has 0 aliphatic rings. The first kappa shape index (κ1) is 24.8. The van der Waals surface area contributed by atoms with Crippen molar-refractivity contribution in [1.29, 1.82) is 0 Å². The van der Waals surface area contributed by atoms with Crippen molar-refractivity contribution in [3.63, 3.8) is 0 Å². The third-order valence-electron chi connectivity index (χ3n) is 6.03. The SMILES string of the molecule is COc1cc(O)c2c(=O)c(OC)c(-c3ccc(OCc4ccccc4)c(OCc4ccccc4)c3)oc2c1. The highest BCUT2D eigenvalue weighted by Gasteiger charge is 2.21.